The van der Waals surface area contributed by atoms with Gasteiger partial charge in [-0.2, -0.15) is 0 Å². The SMILES string of the molecule is CC[C@@H](C)C(=O)Nc1nc(C(C)(C)C)cs1. The van der Waals surface area contributed by atoms with Crippen molar-refractivity contribution in [3.63, 3.8) is 0 Å². The van der Waals surface area contributed by atoms with Gasteiger partial charge in [0.25, 0.3) is 0 Å². The lowest BCUT2D eigenvalue weighted by molar-refractivity contribution is -0.119. The maximum atomic E-state index is 11.7. The highest BCUT2D eigenvalue weighted by molar-refractivity contribution is 7.13. The van der Waals surface area contributed by atoms with Crippen LogP contribution >= 0.6 is 11.3 Å². The fraction of sp³-hybridized carbons (Fsp3) is 0.667. The van der Waals surface area contributed by atoms with Gasteiger partial charge in [-0.15, -0.1) is 11.3 Å². The minimum absolute atomic E-state index is 0.0375. The summed E-state index contributed by atoms with van der Waals surface area (Å²) in [4.78, 5) is 16.1. The Morgan fingerprint density at radius 2 is 2.19 bits per heavy atom. The number of carbonyl (C=O) groups is 1. The first-order valence-electron chi connectivity index (χ1n) is 5.61. The van der Waals surface area contributed by atoms with Crippen molar-refractivity contribution in [2.75, 3.05) is 5.32 Å². The van der Waals surface area contributed by atoms with Crippen molar-refractivity contribution >= 4 is 22.4 Å². The van der Waals surface area contributed by atoms with Gasteiger partial charge in [0.15, 0.2) is 5.13 Å². The van der Waals surface area contributed by atoms with Crippen LogP contribution in [0.2, 0.25) is 0 Å². The van der Waals surface area contributed by atoms with Crippen LogP contribution in [0.1, 0.15) is 46.7 Å². The third-order valence-corrected chi connectivity index (χ3v) is 3.32. The second-order valence-corrected chi connectivity index (χ2v) is 5.94. The molecule has 4 heteroatoms. The van der Waals surface area contributed by atoms with Crippen LogP contribution in [0.25, 0.3) is 0 Å². The van der Waals surface area contributed by atoms with E-state index in [-0.39, 0.29) is 17.2 Å². The number of thiazole rings is 1. The average molecular weight is 240 g/mol. The number of nitrogens with zero attached hydrogens (tertiary/aromatic N) is 1. The van der Waals surface area contributed by atoms with Crippen LogP contribution in [-0.4, -0.2) is 10.9 Å². The average Bonchev–Trinajstić information content (AvgIpc) is 2.64. The highest BCUT2D eigenvalue weighted by atomic mass is 32.1. The summed E-state index contributed by atoms with van der Waals surface area (Å²) in [6.45, 7) is 10.3. The van der Waals surface area contributed by atoms with Crippen LogP contribution in [0.3, 0.4) is 0 Å². The minimum Gasteiger partial charge on any atom is -0.302 e. The molecule has 0 saturated heterocycles. The highest BCUT2D eigenvalue weighted by Crippen LogP contribution is 2.26. The van der Waals surface area contributed by atoms with E-state index in [1.54, 1.807) is 0 Å². The van der Waals surface area contributed by atoms with Gasteiger partial charge in [0.2, 0.25) is 5.91 Å². The highest BCUT2D eigenvalue weighted by Gasteiger charge is 2.19. The number of rotatable bonds is 3. The zero-order valence-electron chi connectivity index (χ0n) is 10.6. The maximum absolute atomic E-state index is 11.7. The molecule has 0 fully saturated rings. The van der Waals surface area contributed by atoms with Gasteiger partial charge in [0.1, 0.15) is 0 Å². The first-order chi connectivity index (χ1) is 7.34. The molecule has 3 nitrogen and oxygen atoms in total. The molecule has 0 aliphatic heterocycles. The van der Waals surface area contributed by atoms with Gasteiger partial charge in [0.05, 0.1) is 5.69 Å². The standard InChI is InChI=1S/C12H20N2OS/c1-6-8(2)10(15)14-11-13-9(7-16-11)12(3,4)5/h7-8H,6H2,1-5H3,(H,13,14,15)/t8-/m1/s1. The van der Waals surface area contributed by atoms with Crippen LogP contribution in [-0.2, 0) is 10.2 Å². The molecule has 1 N–H and O–H groups in total. The summed E-state index contributed by atoms with van der Waals surface area (Å²) in [6, 6.07) is 0. The van der Waals surface area contributed by atoms with Crippen molar-refractivity contribution in [1.82, 2.24) is 4.98 Å². The lowest BCUT2D eigenvalue weighted by Gasteiger charge is -2.14. The summed E-state index contributed by atoms with van der Waals surface area (Å²) in [5.41, 5.74) is 1.06. The topological polar surface area (TPSA) is 42.0 Å². The van der Waals surface area contributed by atoms with Gasteiger partial charge < -0.3 is 5.32 Å². The van der Waals surface area contributed by atoms with Crippen molar-refractivity contribution in [2.45, 2.75) is 46.5 Å². The number of carbonyl (C=O) groups excluding carboxylic acids is 1. The van der Waals surface area contributed by atoms with Crippen molar-refractivity contribution in [2.24, 2.45) is 5.92 Å². The van der Waals surface area contributed by atoms with Crippen molar-refractivity contribution in [1.29, 1.82) is 0 Å². The lowest BCUT2D eigenvalue weighted by atomic mass is 9.93. The van der Waals surface area contributed by atoms with Gasteiger partial charge in [-0.1, -0.05) is 34.6 Å². The fourth-order valence-corrected chi connectivity index (χ4v) is 2.03. The van der Waals surface area contributed by atoms with Crippen molar-refractivity contribution in [3.05, 3.63) is 11.1 Å². The molecule has 1 aromatic rings. The van der Waals surface area contributed by atoms with Gasteiger partial charge in [-0.05, 0) is 6.42 Å². The maximum Gasteiger partial charge on any atom is 0.228 e. The van der Waals surface area contributed by atoms with Gasteiger partial charge >= 0.3 is 0 Å². The Labute approximate surface area is 101 Å². The number of amides is 1. The Morgan fingerprint density at radius 1 is 1.56 bits per heavy atom. The van der Waals surface area contributed by atoms with E-state index in [1.165, 1.54) is 11.3 Å². The number of nitrogens with one attached hydrogen (secondary N) is 1. The number of aromatic nitrogens is 1. The predicted octanol–water partition coefficient (Wildman–Crippen LogP) is 3.43. The smallest absolute Gasteiger partial charge is 0.228 e. The summed E-state index contributed by atoms with van der Waals surface area (Å²) in [5, 5.41) is 5.56. The molecule has 1 amide bonds. The molecular formula is C12H20N2OS. The van der Waals surface area contributed by atoms with Gasteiger partial charge in [0, 0.05) is 16.7 Å². The molecule has 90 valence electrons. The van der Waals surface area contributed by atoms with Crippen molar-refractivity contribution in [3.8, 4) is 0 Å². The summed E-state index contributed by atoms with van der Waals surface area (Å²) in [7, 11) is 0. The van der Waals surface area contributed by atoms with Crippen LogP contribution in [0.15, 0.2) is 5.38 Å². The van der Waals surface area contributed by atoms with E-state index in [4.69, 9.17) is 0 Å². The molecule has 0 aliphatic rings. The molecule has 0 unspecified atom stereocenters. The van der Waals surface area contributed by atoms with Gasteiger partial charge in [-0.3, -0.25) is 4.79 Å². The second kappa shape index (κ2) is 4.95. The summed E-state index contributed by atoms with van der Waals surface area (Å²) in [5.74, 6) is 0.0966. The van der Waals surface area contributed by atoms with Crippen LogP contribution in [0.4, 0.5) is 5.13 Å². The van der Waals surface area contributed by atoms with Crippen molar-refractivity contribution < 1.29 is 4.79 Å². The second-order valence-electron chi connectivity index (χ2n) is 5.09. The van der Waals surface area contributed by atoms with E-state index in [2.05, 4.69) is 31.1 Å². The normalized spacial score (nSPS) is 13.6. The first kappa shape index (κ1) is 13.2. The molecule has 0 saturated carbocycles. The third-order valence-electron chi connectivity index (χ3n) is 2.56. The Morgan fingerprint density at radius 3 is 2.62 bits per heavy atom. The lowest BCUT2D eigenvalue weighted by Crippen LogP contribution is -2.20. The molecule has 0 spiro atoms. The summed E-state index contributed by atoms with van der Waals surface area (Å²) < 4.78 is 0. The Balaban J connectivity index is 2.70. The monoisotopic (exact) mass is 240 g/mol. The molecule has 1 aromatic heterocycles. The molecule has 1 atom stereocenters. The molecule has 0 radical (unpaired) electrons. The summed E-state index contributed by atoms with van der Waals surface area (Å²) >= 11 is 1.49. The van der Waals surface area contributed by atoms with Crippen LogP contribution in [0.5, 0.6) is 0 Å². The van der Waals surface area contributed by atoms with E-state index in [0.29, 0.717) is 5.13 Å². The molecule has 0 bridgehead atoms. The Bertz CT molecular complexity index is 365. The molecule has 1 heterocycles. The molecule has 0 aromatic carbocycles. The zero-order chi connectivity index (χ0) is 12.3. The zero-order valence-corrected chi connectivity index (χ0v) is 11.4. The fourth-order valence-electron chi connectivity index (χ4n) is 1.09. The number of hydrogen-bond acceptors (Lipinski definition) is 3. The van der Waals surface area contributed by atoms with E-state index in [1.807, 2.05) is 19.2 Å². The Hall–Kier alpha value is -0.900. The number of hydrogen-bond donors (Lipinski definition) is 1. The third kappa shape index (κ3) is 3.30. The van der Waals surface area contributed by atoms with E-state index in [9.17, 15) is 4.79 Å². The van der Waals surface area contributed by atoms with Gasteiger partial charge in [-0.25, -0.2) is 4.98 Å². The predicted molar refractivity (Wildman–Crippen MR) is 68.9 cm³/mol. The summed E-state index contributed by atoms with van der Waals surface area (Å²) in [6.07, 6.45) is 0.851. The quantitative estimate of drug-likeness (QED) is 0.879. The van der Waals surface area contributed by atoms with E-state index < -0.39 is 0 Å². The van der Waals surface area contributed by atoms with E-state index >= 15 is 0 Å². The molecule has 16 heavy (non-hydrogen) atoms. The Kier molecular flexibility index (Phi) is 4.08. The van der Waals surface area contributed by atoms with E-state index in [0.717, 1.165) is 12.1 Å². The molecule has 1 rings (SSSR count). The minimum atomic E-state index is 0.0375. The van der Waals surface area contributed by atoms with Crippen LogP contribution < -0.4 is 5.32 Å². The molecular weight excluding hydrogens is 220 g/mol. The first-order valence-corrected chi connectivity index (χ1v) is 6.49. The largest absolute Gasteiger partial charge is 0.302 e. The molecule has 0 aliphatic carbocycles. The number of anilines is 1. The van der Waals surface area contributed by atoms with Crippen LogP contribution in [0, 0.1) is 5.92 Å².